The van der Waals surface area contributed by atoms with Gasteiger partial charge in [0.2, 0.25) is 0 Å². The standard InChI is InChI=1S/C21H25F2N3O2/c1-11-8-26(15-7-13(15)22)16-12(18(11)27)6-14(23)17(19(16)28-3)25-9-20(2,24)21(10-25)4-5-21/h6,8,13,15H,4-5,7,9-10,24H2,1-3H3/t13-,15+,20?/m0/s1. The van der Waals surface area contributed by atoms with E-state index in [2.05, 4.69) is 0 Å². The molecule has 1 unspecified atom stereocenters. The van der Waals surface area contributed by atoms with Crippen LogP contribution in [0.1, 0.15) is 37.8 Å². The highest BCUT2D eigenvalue weighted by Gasteiger charge is 2.61. The number of rotatable bonds is 3. The van der Waals surface area contributed by atoms with Crippen molar-refractivity contribution in [2.24, 2.45) is 11.1 Å². The maximum absolute atomic E-state index is 15.3. The van der Waals surface area contributed by atoms with Gasteiger partial charge in [0.05, 0.1) is 24.1 Å². The summed E-state index contributed by atoms with van der Waals surface area (Å²) in [7, 11) is 1.47. The van der Waals surface area contributed by atoms with Crippen LogP contribution in [0.4, 0.5) is 14.5 Å². The summed E-state index contributed by atoms with van der Waals surface area (Å²) in [5.74, 6) is -0.209. The van der Waals surface area contributed by atoms with Crippen molar-refractivity contribution in [3.8, 4) is 5.75 Å². The lowest BCUT2D eigenvalue weighted by Gasteiger charge is -2.26. The lowest BCUT2D eigenvalue weighted by atomic mass is 9.87. The lowest BCUT2D eigenvalue weighted by Crippen LogP contribution is -2.45. The van der Waals surface area contributed by atoms with Gasteiger partial charge in [-0.25, -0.2) is 8.78 Å². The molecule has 2 heterocycles. The average molecular weight is 389 g/mol. The molecule has 0 radical (unpaired) electrons. The molecule has 150 valence electrons. The van der Waals surface area contributed by atoms with E-state index in [1.165, 1.54) is 13.2 Å². The van der Waals surface area contributed by atoms with Gasteiger partial charge in [-0.15, -0.1) is 0 Å². The first-order chi connectivity index (χ1) is 13.2. The Morgan fingerprint density at radius 3 is 2.54 bits per heavy atom. The fourth-order valence-corrected chi connectivity index (χ4v) is 4.97. The van der Waals surface area contributed by atoms with E-state index in [-0.39, 0.29) is 22.3 Å². The highest BCUT2D eigenvalue weighted by Crippen LogP contribution is 2.59. The molecule has 5 nitrogen and oxygen atoms in total. The quantitative estimate of drug-likeness (QED) is 0.877. The van der Waals surface area contributed by atoms with Crippen molar-refractivity contribution in [2.45, 2.75) is 50.9 Å². The number of benzene rings is 1. The number of hydrogen-bond acceptors (Lipinski definition) is 4. The molecule has 28 heavy (non-hydrogen) atoms. The number of nitrogens with zero attached hydrogens (tertiary/aromatic N) is 2. The number of hydrogen-bond donors (Lipinski definition) is 1. The predicted molar refractivity (Wildman–Crippen MR) is 104 cm³/mol. The van der Waals surface area contributed by atoms with Gasteiger partial charge in [0.1, 0.15) is 11.9 Å². The molecule has 2 saturated carbocycles. The van der Waals surface area contributed by atoms with Crippen molar-refractivity contribution >= 4 is 16.6 Å². The minimum atomic E-state index is -0.961. The molecule has 3 atom stereocenters. The Labute approximate surface area is 162 Å². The zero-order chi connectivity index (χ0) is 20.0. The number of halogens is 2. The molecule has 1 aliphatic heterocycles. The van der Waals surface area contributed by atoms with E-state index in [0.717, 1.165) is 12.8 Å². The second kappa shape index (κ2) is 5.47. The first-order valence-corrected chi connectivity index (χ1v) is 9.79. The summed E-state index contributed by atoms with van der Waals surface area (Å²) in [5, 5.41) is 0.230. The average Bonchev–Trinajstić information content (AvgIpc) is 3.53. The van der Waals surface area contributed by atoms with Crippen LogP contribution in [0.15, 0.2) is 17.1 Å². The highest BCUT2D eigenvalue weighted by molar-refractivity contribution is 5.92. The van der Waals surface area contributed by atoms with Crippen LogP contribution in [0.3, 0.4) is 0 Å². The third kappa shape index (κ3) is 2.28. The Hall–Kier alpha value is -2.15. The van der Waals surface area contributed by atoms with Crippen LogP contribution in [-0.2, 0) is 0 Å². The number of alkyl halides is 1. The van der Waals surface area contributed by atoms with E-state index in [1.807, 2.05) is 11.8 Å². The van der Waals surface area contributed by atoms with Crippen LogP contribution in [0, 0.1) is 18.2 Å². The van der Waals surface area contributed by atoms with E-state index in [1.54, 1.807) is 17.7 Å². The summed E-state index contributed by atoms with van der Waals surface area (Å²) in [6.07, 6.45) is 3.16. The number of methoxy groups -OCH3 is 1. The van der Waals surface area contributed by atoms with Crippen LogP contribution >= 0.6 is 0 Å². The monoisotopic (exact) mass is 389 g/mol. The number of anilines is 1. The Bertz CT molecular complexity index is 1050. The first kappa shape index (κ1) is 17.9. The molecule has 3 aliphatic rings. The Morgan fingerprint density at radius 1 is 1.32 bits per heavy atom. The Balaban J connectivity index is 1.76. The SMILES string of the molecule is COc1c(N2CC(C)(N)C3(CC3)C2)c(F)cc2c(=O)c(C)cn([C@@H]3C[C@@H]3F)c12. The molecule has 2 aromatic rings. The molecule has 3 fully saturated rings. The molecule has 2 aliphatic carbocycles. The van der Waals surface area contributed by atoms with Gasteiger partial charge >= 0.3 is 0 Å². The maximum Gasteiger partial charge on any atom is 0.192 e. The molecule has 5 rings (SSSR count). The van der Waals surface area contributed by atoms with Crippen molar-refractivity contribution < 1.29 is 13.5 Å². The number of nitrogens with two attached hydrogens (primary N) is 1. The predicted octanol–water partition coefficient (Wildman–Crippen LogP) is 3.06. The van der Waals surface area contributed by atoms with Crippen LogP contribution in [0.2, 0.25) is 0 Å². The second-order valence-electron chi connectivity index (χ2n) is 9.06. The molecule has 1 spiro atoms. The number of aryl methyl sites for hydroxylation is 1. The molecule has 1 aromatic heterocycles. The maximum atomic E-state index is 15.3. The fourth-order valence-electron chi connectivity index (χ4n) is 4.97. The minimum absolute atomic E-state index is 0.00682. The van der Waals surface area contributed by atoms with E-state index in [4.69, 9.17) is 10.5 Å². The molecule has 0 bridgehead atoms. The molecule has 7 heteroatoms. The number of pyridine rings is 1. The van der Waals surface area contributed by atoms with E-state index in [0.29, 0.717) is 42.0 Å². The third-order valence-electron chi connectivity index (χ3n) is 7.01. The van der Waals surface area contributed by atoms with Crippen molar-refractivity contribution in [1.29, 1.82) is 0 Å². The van der Waals surface area contributed by atoms with Crippen molar-refractivity contribution in [3.05, 3.63) is 33.9 Å². The summed E-state index contributed by atoms with van der Waals surface area (Å²) < 4.78 is 36.6. The summed E-state index contributed by atoms with van der Waals surface area (Å²) in [5.41, 5.74) is 7.14. The van der Waals surface area contributed by atoms with E-state index < -0.39 is 17.5 Å². The fraction of sp³-hybridized carbons (Fsp3) is 0.571. The van der Waals surface area contributed by atoms with Crippen LogP contribution in [0.5, 0.6) is 5.75 Å². The number of ether oxygens (including phenoxy) is 1. The molecular weight excluding hydrogens is 364 g/mol. The first-order valence-electron chi connectivity index (χ1n) is 9.79. The second-order valence-corrected chi connectivity index (χ2v) is 9.06. The zero-order valence-electron chi connectivity index (χ0n) is 16.4. The summed E-state index contributed by atoms with van der Waals surface area (Å²) in [6, 6.07) is 0.933. The topological polar surface area (TPSA) is 60.5 Å². The van der Waals surface area contributed by atoms with Crippen molar-refractivity contribution in [2.75, 3.05) is 25.1 Å². The van der Waals surface area contributed by atoms with E-state index in [9.17, 15) is 9.18 Å². The minimum Gasteiger partial charge on any atom is -0.492 e. The molecule has 2 N–H and O–H groups in total. The Kier molecular flexibility index (Phi) is 3.50. The van der Waals surface area contributed by atoms with Crippen LogP contribution in [-0.4, -0.2) is 36.5 Å². The lowest BCUT2D eigenvalue weighted by molar-refractivity contribution is 0.354. The third-order valence-corrected chi connectivity index (χ3v) is 7.01. The van der Waals surface area contributed by atoms with Gasteiger partial charge in [-0.2, -0.15) is 0 Å². The summed E-state index contributed by atoms with van der Waals surface area (Å²) in [6.45, 7) is 4.85. The van der Waals surface area contributed by atoms with Crippen molar-refractivity contribution in [3.63, 3.8) is 0 Å². The van der Waals surface area contributed by atoms with Gasteiger partial charge in [0.15, 0.2) is 17.0 Å². The van der Waals surface area contributed by atoms with Gasteiger partial charge in [0, 0.05) is 42.2 Å². The molecule has 0 amide bonds. The van der Waals surface area contributed by atoms with E-state index >= 15 is 4.39 Å². The van der Waals surface area contributed by atoms with Crippen LogP contribution < -0.4 is 20.8 Å². The zero-order valence-corrected chi connectivity index (χ0v) is 16.4. The smallest absolute Gasteiger partial charge is 0.192 e. The summed E-state index contributed by atoms with van der Waals surface area (Å²) >= 11 is 0. The highest BCUT2D eigenvalue weighted by atomic mass is 19.1. The van der Waals surface area contributed by atoms with Gasteiger partial charge < -0.3 is 19.9 Å². The van der Waals surface area contributed by atoms with Gasteiger partial charge in [-0.1, -0.05) is 0 Å². The Morgan fingerprint density at radius 2 is 2.00 bits per heavy atom. The molecule has 1 saturated heterocycles. The number of aromatic nitrogens is 1. The van der Waals surface area contributed by atoms with Gasteiger partial charge in [-0.3, -0.25) is 4.79 Å². The largest absolute Gasteiger partial charge is 0.492 e. The van der Waals surface area contributed by atoms with Crippen molar-refractivity contribution in [1.82, 2.24) is 4.57 Å². The molecular formula is C21H25F2N3O2. The molecule has 1 aromatic carbocycles. The van der Waals surface area contributed by atoms with Crippen LogP contribution in [0.25, 0.3) is 10.9 Å². The summed E-state index contributed by atoms with van der Waals surface area (Å²) in [4.78, 5) is 14.7. The van der Waals surface area contributed by atoms with Gasteiger partial charge in [-0.05, 0) is 32.8 Å². The van der Waals surface area contributed by atoms with Gasteiger partial charge in [0.25, 0.3) is 0 Å². The normalized spacial score (nSPS) is 30.3. The number of fused-ring (bicyclic) bond motifs is 1.